The van der Waals surface area contributed by atoms with Crippen molar-refractivity contribution >= 4 is 0 Å². The summed E-state index contributed by atoms with van der Waals surface area (Å²) in [5, 5.41) is 10.4. The van der Waals surface area contributed by atoms with Gasteiger partial charge in [-0.1, -0.05) is 54.1 Å². The summed E-state index contributed by atoms with van der Waals surface area (Å²) in [4.78, 5) is 0. The lowest BCUT2D eigenvalue weighted by Gasteiger charge is -2.34. The van der Waals surface area contributed by atoms with E-state index in [4.69, 9.17) is 0 Å². The van der Waals surface area contributed by atoms with Crippen LogP contribution in [0.5, 0.6) is 0 Å². The van der Waals surface area contributed by atoms with Gasteiger partial charge in [-0.2, -0.15) is 0 Å². The molecule has 2 aliphatic carbocycles. The highest BCUT2D eigenvalue weighted by Gasteiger charge is 2.35. The van der Waals surface area contributed by atoms with Gasteiger partial charge in [0.05, 0.1) is 6.10 Å². The number of aliphatic hydroxyl groups is 1. The van der Waals surface area contributed by atoms with E-state index in [-0.39, 0.29) is 12.0 Å². The highest BCUT2D eigenvalue weighted by molar-refractivity contribution is 5.34. The van der Waals surface area contributed by atoms with Crippen LogP contribution in [0.4, 0.5) is 0 Å². The molecule has 3 unspecified atom stereocenters. The number of hydrogen-bond donors (Lipinski definition) is 1. The summed E-state index contributed by atoms with van der Waals surface area (Å²) in [6.45, 7) is 0. The van der Waals surface area contributed by atoms with Crippen molar-refractivity contribution in [1.82, 2.24) is 0 Å². The summed E-state index contributed by atoms with van der Waals surface area (Å²) >= 11 is 0. The number of hydrogen-bond acceptors (Lipinski definition) is 1. The third kappa shape index (κ3) is 1.52. The predicted octanol–water partition coefficient (Wildman–Crippen LogP) is 3.04. The smallest absolute Gasteiger partial charge is 0.0708 e. The number of allylic oxidation sites excluding steroid dienone is 2. The fraction of sp³-hybridized carbons (Fsp3) is 0.333. The molecule has 1 aromatic carbocycles. The fourth-order valence-electron chi connectivity index (χ4n) is 2.92. The van der Waals surface area contributed by atoms with Crippen molar-refractivity contribution in [2.24, 2.45) is 5.92 Å². The Morgan fingerprint density at radius 2 is 1.94 bits per heavy atom. The van der Waals surface area contributed by atoms with Crippen LogP contribution in [0.15, 0.2) is 54.1 Å². The molecule has 0 bridgehead atoms. The second kappa shape index (κ2) is 3.91. The molecule has 1 fully saturated rings. The van der Waals surface area contributed by atoms with E-state index in [1.165, 1.54) is 11.1 Å². The third-order valence-electron chi connectivity index (χ3n) is 3.81. The molecule has 82 valence electrons. The first-order valence-corrected chi connectivity index (χ1v) is 5.96. The van der Waals surface area contributed by atoms with Crippen LogP contribution in [0.25, 0.3) is 0 Å². The Balaban J connectivity index is 1.88. The van der Waals surface area contributed by atoms with E-state index < -0.39 is 0 Å². The van der Waals surface area contributed by atoms with Gasteiger partial charge in [-0.15, -0.1) is 0 Å². The first-order chi connectivity index (χ1) is 7.86. The lowest BCUT2D eigenvalue weighted by molar-refractivity contribution is 0.0957. The van der Waals surface area contributed by atoms with Gasteiger partial charge in [-0.05, 0) is 18.4 Å². The van der Waals surface area contributed by atoms with Gasteiger partial charge in [-0.25, -0.2) is 0 Å². The Morgan fingerprint density at radius 3 is 2.75 bits per heavy atom. The van der Waals surface area contributed by atoms with Gasteiger partial charge in [-0.3, -0.25) is 0 Å². The molecule has 0 aliphatic heterocycles. The molecule has 1 aromatic rings. The van der Waals surface area contributed by atoms with E-state index in [0.717, 1.165) is 12.8 Å². The van der Waals surface area contributed by atoms with E-state index in [0.29, 0.717) is 5.92 Å². The maximum Gasteiger partial charge on any atom is 0.0708 e. The van der Waals surface area contributed by atoms with Crippen LogP contribution in [-0.2, 0) is 0 Å². The Morgan fingerprint density at radius 1 is 1.12 bits per heavy atom. The normalized spacial score (nSPS) is 32.3. The number of rotatable bonds is 1. The predicted molar refractivity (Wildman–Crippen MR) is 65.1 cm³/mol. The molecule has 0 amide bonds. The molecule has 2 aliphatic rings. The fourth-order valence-corrected chi connectivity index (χ4v) is 2.92. The van der Waals surface area contributed by atoms with Crippen molar-refractivity contribution in [3.63, 3.8) is 0 Å². The number of aliphatic hydroxyl groups excluding tert-OH is 1. The van der Waals surface area contributed by atoms with Crippen LogP contribution in [0.3, 0.4) is 0 Å². The van der Waals surface area contributed by atoms with Crippen LogP contribution in [0.2, 0.25) is 0 Å². The monoisotopic (exact) mass is 212 g/mol. The molecule has 16 heavy (non-hydrogen) atoms. The molecule has 0 saturated heterocycles. The summed E-state index contributed by atoms with van der Waals surface area (Å²) in [6, 6.07) is 10.4. The Kier molecular flexibility index (Phi) is 2.41. The standard InChI is InChI=1S/C15H16O/c16-15-13-8-4-7-12(13)9-10-14(15)11-5-2-1-3-6-11/h1-8,13-16H,9-10H2. The van der Waals surface area contributed by atoms with Crippen LogP contribution >= 0.6 is 0 Å². The van der Waals surface area contributed by atoms with Crippen molar-refractivity contribution in [3.8, 4) is 0 Å². The zero-order valence-electron chi connectivity index (χ0n) is 9.21. The summed E-state index contributed by atoms with van der Waals surface area (Å²) < 4.78 is 0. The van der Waals surface area contributed by atoms with Gasteiger partial charge < -0.3 is 5.11 Å². The molecule has 3 rings (SSSR count). The molecule has 1 heteroatoms. The lowest BCUT2D eigenvalue weighted by Crippen LogP contribution is -2.31. The molecular weight excluding hydrogens is 196 g/mol. The highest BCUT2D eigenvalue weighted by Crippen LogP contribution is 2.41. The SMILES string of the molecule is OC1C2C=CC=C2CCC1c1ccccc1. The summed E-state index contributed by atoms with van der Waals surface area (Å²) in [7, 11) is 0. The van der Waals surface area contributed by atoms with Gasteiger partial charge in [0.15, 0.2) is 0 Å². The minimum absolute atomic E-state index is 0.249. The molecule has 3 atom stereocenters. The van der Waals surface area contributed by atoms with Crippen molar-refractivity contribution in [2.45, 2.75) is 24.9 Å². The van der Waals surface area contributed by atoms with Crippen molar-refractivity contribution in [1.29, 1.82) is 0 Å². The van der Waals surface area contributed by atoms with Crippen LogP contribution in [0.1, 0.15) is 24.3 Å². The topological polar surface area (TPSA) is 20.2 Å². The molecule has 0 aromatic heterocycles. The van der Waals surface area contributed by atoms with E-state index in [2.05, 4.69) is 42.5 Å². The lowest BCUT2D eigenvalue weighted by atomic mass is 9.74. The van der Waals surface area contributed by atoms with E-state index >= 15 is 0 Å². The average Bonchev–Trinajstić information content (AvgIpc) is 2.80. The first-order valence-electron chi connectivity index (χ1n) is 5.96. The average molecular weight is 212 g/mol. The third-order valence-corrected chi connectivity index (χ3v) is 3.81. The maximum atomic E-state index is 10.4. The van der Waals surface area contributed by atoms with E-state index in [9.17, 15) is 5.11 Å². The van der Waals surface area contributed by atoms with Crippen LogP contribution in [-0.4, -0.2) is 11.2 Å². The Hall–Kier alpha value is -1.34. The van der Waals surface area contributed by atoms with Crippen molar-refractivity contribution in [2.75, 3.05) is 0 Å². The summed E-state index contributed by atoms with van der Waals surface area (Å²) in [5.41, 5.74) is 2.68. The largest absolute Gasteiger partial charge is 0.392 e. The number of benzene rings is 1. The Bertz CT molecular complexity index is 430. The van der Waals surface area contributed by atoms with E-state index in [1.807, 2.05) is 6.07 Å². The van der Waals surface area contributed by atoms with E-state index in [1.54, 1.807) is 0 Å². The minimum Gasteiger partial charge on any atom is -0.392 e. The van der Waals surface area contributed by atoms with Gasteiger partial charge in [0.25, 0.3) is 0 Å². The van der Waals surface area contributed by atoms with Crippen LogP contribution < -0.4 is 0 Å². The zero-order chi connectivity index (χ0) is 11.0. The second-order valence-electron chi connectivity index (χ2n) is 4.70. The van der Waals surface area contributed by atoms with Gasteiger partial charge in [0.2, 0.25) is 0 Å². The quantitative estimate of drug-likeness (QED) is 0.758. The van der Waals surface area contributed by atoms with Gasteiger partial charge in [0.1, 0.15) is 0 Å². The molecular formula is C15H16O. The molecule has 0 radical (unpaired) electrons. The highest BCUT2D eigenvalue weighted by atomic mass is 16.3. The van der Waals surface area contributed by atoms with Gasteiger partial charge >= 0.3 is 0 Å². The van der Waals surface area contributed by atoms with Gasteiger partial charge in [0, 0.05) is 11.8 Å². The first kappa shape index (κ1) is 9.86. The number of fused-ring (bicyclic) bond motifs is 1. The second-order valence-corrected chi connectivity index (χ2v) is 4.70. The van der Waals surface area contributed by atoms with Crippen LogP contribution in [0, 0.1) is 5.92 Å². The molecule has 1 saturated carbocycles. The summed E-state index contributed by atoms with van der Waals surface area (Å²) in [5.74, 6) is 0.560. The minimum atomic E-state index is -0.249. The molecule has 0 spiro atoms. The zero-order valence-corrected chi connectivity index (χ0v) is 9.21. The Labute approximate surface area is 96.1 Å². The molecule has 1 N–H and O–H groups in total. The van der Waals surface area contributed by atoms with Crippen molar-refractivity contribution < 1.29 is 5.11 Å². The molecule has 0 heterocycles. The van der Waals surface area contributed by atoms with Crippen molar-refractivity contribution in [3.05, 3.63) is 59.7 Å². The maximum absolute atomic E-state index is 10.4. The summed E-state index contributed by atoms with van der Waals surface area (Å²) in [6.07, 6.45) is 8.31. The molecule has 1 nitrogen and oxygen atoms in total.